The van der Waals surface area contributed by atoms with Crippen LogP contribution in [0.15, 0.2) is 0 Å². The van der Waals surface area contributed by atoms with Crippen LogP contribution in [0.2, 0.25) is 0 Å². The van der Waals surface area contributed by atoms with E-state index in [1.54, 1.807) is 7.11 Å². The van der Waals surface area contributed by atoms with Crippen LogP contribution in [0.3, 0.4) is 0 Å². The summed E-state index contributed by atoms with van der Waals surface area (Å²) >= 11 is 0. The van der Waals surface area contributed by atoms with Crippen LogP contribution < -0.4 is 0 Å². The summed E-state index contributed by atoms with van der Waals surface area (Å²) < 4.78 is 5.43. The topological polar surface area (TPSA) is 29.5 Å². The zero-order valence-electron chi connectivity index (χ0n) is 11.4. The maximum absolute atomic E-state index is 10.7. The number of rotatable bonds is 5. The third-order valence-electron chi connectivity index (χ3n) is 4.38. The van der Waals surface area contributed by atoms with Crippen molar-refractivity contribution in [1.82, 2.24) is 0 Å². The third-order valence-corrected chi connectivity index (χ3v) is 4.38. The predicted molar refractivity (Wildman–Crippen MR) is 67.5 cm³/mol. The first-order valence-electron chi connectivity index (χ1n) is 6.71. The molecule has 96 valence electrons. The molecule has 0 spiro atoms. The minimum atomic E-state index is -0.428. The molecule has 2 atom stereocenters. The number of hydrogen-bond donors (Lipinski definition) is 1. The average Bonchev–Trinajstić information content (AvgIpc) is 2.27. The van der Waals surface area contributed by atoms with Crippen LogP contribution in [-0.2, 0) is 4.74 Å². The van der Waals surface area contributed by atoms with E-state index in [1.807, 2.05) is 0 Å². The highest BCUT2D eigenvalue weighted by Gasteiger charge is 2.38. The summed E-state index contributed by atoms with van der Waals surface area (Å²) in [6.45, 7) is 6.39. The summed E-state index contributed by atoms with van der Waals surface area (Å²) in [6, 6.07) is 0. The van der Waals surface area contributed by atoms with Gasteiger partial charge in [-0.05, 0) is 45.4 Å². The van der Waals surface area contributed by atoms with Gasteiger partial charge in [-0.3, -0.25) is 0 Å². The van der Waals surface area contributed by atoms with Crippen LogP contribution in [0, 0.1) is 5.92 Å². The lowest BCUT2D eigenvalue weighted by atomic mass is 9.71. The van der Waals surface area contributed by atoms with Crippen LogP contribution in [0.1, 0.15) is 65.7 Å². The second-order valence-corrected chi connectivity index (χ2v) is 5.92. The van der Waals surface area contributed by atoms with Crippen LogP contribution in [-0.4, -0.2) is 23.4 Å². The van der Waals surface area contributed by atoms with Gasteiger partial charge in [-0.25, -0.2) is 0 Å². The Balaban J connectivity index is 2.54. The van der Waals surface area contributed by atoms with Gasteiger partial charge in [-0.15, -0.1) is 0 Å². The molecule has 0 aromatic carbocycles. The zero-order valence-corrected chi connectivity index (χ0v) is 11.4. The molecule has 0 radical (unpaired) electrons. The van der Waals surface area contributed by atoms with Crippen LogP contribution in [0.4, 0.5) is 0 Å². The van der Waals surface area contributed by atoms with E-state index in [4.69, 9.17) is 4.74 Å². The molecule has 0 amide bonds. The van der Waals surface area contributed by atoms with Crippen molar-refractivity contribution in [3.05, 3.63) is 0 Å². The second kappa shape index (κ2) is 5.50. The second-order valence-electron chi connectivity index (χ2n) is 5.92. The molecule has 1 saturated carbocycles. The van der Waals surface area contributed by atoms with E-state index in [1.165, 1.54) is 19.3 Å². The molecular formula is C14H28O2. The normalized spacial score (nSPS) is 31.7. The van der Waals surface area contributed by atoms with Crippen LogP contribution >= 0.6 is 0 Å². The fourth-order valence-electron chi connectivity index (χ4n) is 2.83. The minimum absolute atomic E-state index is 0.106. The lowest BCUT2D eigenvalue weighted by Gasteiger charge is -2.41. The van der Waals surface area contributed by atoms with E-state index in [-0.39, 0.29) is 5.60 Å². The smallest absolute Gasteiger partial charge is 0.0676 e. The zero-order chi connectivity index (χ0) is 12.2. The maximum Gasteiger partial charge on any atom is 0.0676 e. The first-order chi connectivity index (χ1) is 7.43. The van der Waals surface area contributed by atoms with Crippen molar-refractivity contribution in [1.29, 1.82) is 0 Å². The molecule has 0 aromatic rings. The minimum Gasteiger partial charge on any atom is -0.390 e. The highest BCUT2D eigenvalue weighted by atomic mass is 16.5. The van der Waals surface area contributed by atoms with E-state index in [0.717, 1.165) is 25.7 Å². The van der Waals surface area contributed by atoms with Gasteiger partial charge in [0.1, 0.15) is 0 Å². The Hall–Kier alpha value is -0.0800. The van der Waals surface area contributed by atoms with E-state index < -0.39 is 5.60 Å². The van der Waals surface area contributed by atoms with E-state index in [9.17, 15) is 5.11 Å². The van der Waals surface area contributed by atoms with E-state index in [0.29, 0.717) is 5.92 Å². The van der Waals surface area contributed by atoms with E-state index >= 15 is 0 Å². The van der Waals surface area contributed by atoms with Gasteiger partial charge in [0.15, 0.2) is 0 Å². The lowest BCUT2D eigenvalue weighted by molar-refractivity contribution is -0.0777. The fourth-order valence-corrected chi connectivity index (χ4v) is 2.83. The first kappa shape index (κ1) is 14.0. The monoisotopic (exact) mass is 228 g/mol. The van der Waals surface area contributed by atoms with Gasteiger partial charge >= 0.3 is 0 Å². The summed E-state index contributed by atoms with van der Waals surface area (Å²) in [4.78, 5) is 0. The van der Waals surface area contributed by atoms with Crippen molar-refractivity contribution >= 4 is 0 Å². The molecule has 1 N–H and O–H groups in total. The molecule has 2 unspecified atom stereocenters. The van der Waals surface area contributed by atoms with Gasteiger partial charge in [0.25, 0.3) is 0 Å². The Kier molecular flexibility index (Phi) is 4.81. The van der Waals surface area contributed by atoms with Gasteiger partial charge in [-0.1, -0.05) is 26.2 Å². The molecule has 0 bridgehead atoms. The molecule has 1 aliphatic rings. The Bertz CT molecular complexity index is 213. The number of ether oxygens (including phenoxy) is 1. The fraction of sp³-hybridized carbons (Fsp3) is 1.00. The van der Waals surface area contributed by atoms with Crippen molar-refractivity contribution < 1.29 is 9.84 Å². The van der Waals surface area contributed by atoms with Gasteiger partial charge in [0.05, 0.1) is 11.2 Å². The summed E-state index contributed by atoms with van der Waals surface area (Å²) in [5.41, 5.74) is -0.533. The van der Waals surface area contributed by atoms with Crippen molar-refractivity contribution in [3.8, 4) is 0 Å². The standard InChI is InChI=1S/C14H28O2/c1-5-12-8-6-7-9-14(12,15)11-10-13(2,3)16-4/h12,15H,5-11H2,1-4H3. The number of hydrogen-bond acceptors (Lipinski definition) is 2. The third kappa shape index (κ3) is 3.46. The highest BCUT2D eigenvalue weighted by molar-refractivity contribution is 4.90. The summed E-state index contributed by atoms with van der Waals surface area (Å²) in [5, 5.41) is 10.7. The summed E-state index contributed by atoms with van der Waals surface area (Å²) in [6.07, 6.45) is 7.56. The predicted octanol–water partition coefficient (Wildman–Crippen LogP) is 3.52. The molecule has 0 heterocycles. The molecule has 2 nitrogen and oxygen atoms in total. The molecule has 2 heteroatoms. The Morgan fingerprint density at radius 1 is 1.38 bits per heavy atom. The summed E-state index contributed by atoms with van der Waals surface area (Å²) in [7, 11) is 1.75. The molecule has 16 heavy (non-hydrogen) atoms. The first-order valence-corrected chi connectivity index (χ1v) is 6.71. The van der Waals surface area contributed by atoms with Crippen molar-refractivity contribution in [3.63, 3.8) is 0 Å². The summed E-state index contributed by atoms with van der Waals surface area (Å²) in [5.74, 6) is 0.494. The molecular weight excluding hydrogens is 200 g/mol. The largest absolute Gasteiger partial charge is 0.390 e. The molecule has 1 aliphatic carbocycles. The highest BCUT2D eigenvalue weighted by Crippen LogP contribution is 2.40. The lowest BCUT2D eigenvalue weighted by Crippen LogP contribution is -2.42. The molecule has 1 fully saturated rings. The quantitative estimate of drug-likeness (QED) is 0.780. The Labute approximate surface area is 100 Å². The molecule has 0 aliphatic heterocycles. The van der Waals surface area contributed by atoms with E-state index in [2.05, 4.69) is 20.8 Å². The van der Waals surface area contributed by atoms with Crippen LogP contribution in [0.25, 0.3) is 0 Å². The van der Waals surface area contributed by atoms with Crippen molar-refractivity contribution in [2.45, 2.75) is 76.9 Å². The van der Waals surface area contributed by atoms with Gasteiger partial charge < -0.3 is 9.84 Å². The molecule has 1 rings (SSSR count). The van der Waals surface area contributed by atoms with Gasteiger partial charge in [0, 0.05) is 7.11 Å². The SMILES string of the molecule is CCC1CCCCC1(O)CCC(C)(C)OC. The average molecular weight is 228 g/mol. The van der Waals surface area contributed by atoms with Crippen molar-refractivity contribution in [2.24, 2.45) is 5.92 Å². The van der Waals surface area contributed by atoms with Crippen LogP contribution in [0.5, 0.6) is 0 Å². The van der Waals surface area contributed by atoms with Gasteiger partial charge in [0.2, 0.25) is 0 Å². The molecule has 0 saturated heterocycles. The van der Waals surface area contributed by atoms with Crippen molar-refractivity contribution in [2.75, 3.05) is 7.11 Å². The Morgan fingerprint density at radius 3 is 2.62 bits per heavy atom. The maximum atomic E-state index is 10.7. The Morgan fingerprint density at radius 2 is 2.06 bits per heavy atom. The number of aliphatic hydroxyl groups is 1. The number of methoxy groups -OCH3 is 1. The van der Waals surface area contributed by atoms with Gasteiger partial charge in [-0.2, -0.15) is 0 Å². The molecule has 0 aromatic heterocycles.